The predicted octanol–water partition coefficient (Wildman–Crippen LogP) is 0.819. The third-order valence-corrected chi connectivity index (χ3v) is 1.98. The Balaban J connectivity index is 0.000000171. The highest BCUT2D eigenvalue weighted by Crippen LogP contribution is 2.12. The lowest BCUT2D eigenvalue weighted by Crippen LogP contribution is -2.27. The second kappa shape index (κ2) is 5.10. The Hall–Kier alpha value is -1.73. The summed E-state index contributed by atoms with van der Waals surface area (Å²) in [5.74, 6) is 4.32. The summed E-state index contributed by atoms with van der Waals surface area (Å²) in [7, 11) is 0. The first-order valence-corrected chi connectivity index (χ1v) is 4.38. The number of hydrazine groups is 1. The van der Waals surface area contributed by atoms with Crippen molar-refractivity contribution in [1.82, 2.24) is 15.0 Å². The highest BCUT2D eigenvalue weighted by atomic mass is 32.1. The molecule has 0 aliphatic heterocycles. The van der Waals surface area contributed by atoms with Gasteiger partial charge in [-0.25, -0.2) is 10.6 Å². The molecule has 0 aliphatic rings. The molecule has 7 heteroatoms. The third kappa shape index (κ3) is 2.96. The normalized spacial score (nSPS) is 8.93. The lowest BCUT2D eigenvalue weighted by atomic mass is 10.3. The van der Waals surface area contributed by atoms with Crippen LogP contribution in [0.1, 0.15) is 0 Å². The van der Waals surface area contributed by atoms with E-state index in [2.05, 4.69) is 15.4 Å². The molecule has 2 rings (SSSR count). The number of fused-ring (bicyclic) bond motifs is 1. The maximum atomic E-state index is 9.13. The van der Waals surface area contributed by atoms with E-state index in [0.29, 0.717) is 0 Å². The molecular weight excluding hydrogens is 204 g/mol. The number of carbonyl (C=O) groups is 1. The van der Waals surface area contributed by atoms with Crippen LogP contribution in [0.2, 0.25) is 0 Å². The molecule has 4 N–H and O–H groups in total. The molecule has 1 aromatic carbocycles. The molecule has 74 valence electrons. The standard InChI is InChI=1S/C6H4N2S.CH4N2O2/c1-2-4-6-5(3-1)7-8-9-6;2-3-1(4)5/h1-4H;3H,2H2,(H,4,5). The minimum absolute atomic E-state index is 0.988. The van der Waals surface area contributed by atoms with Gasteiger partial charge in [0.1, 0.15) is 5.52 Å². The quantitative estimate of drug-likeness (QED) is 0.341. The zero-order chi connectivity index (χ0) is 10.4. The number of nitrogens with one attached hydrogen (secondary N) is 1. The number of aromatic nitrogens is 2. The van der Waals surface area contributed by atoms with Crippen LogP contribution in [0, 0.1) is 0 Å². The molecule has 0 unspecified atom stereocenters. The van der Waals surface area contributed by atoms with Crippen molar-refractivity contribution in [2.45, 2.75) is 0 Å². The molecule has 0 bridgehead atoms. The number of amides is 1. The van der Waals surface area contributed by atoms with Crippen LogP contribution in [0.5, 0.6) is 0 Å². The summed E-state index contributed by atoms with van der Waals surface area (Å²) >= 11 is 1.43. The van der Waals surface area contributed by atoms with E-state index in [9.17, 15) is 0 Å². The minimum Gasteiger partial charge on any atom is -0.464 e. The minimum atomic E-state index is -1.22. The number of carboxylic acid groups (broad SMARTS) is 1. The molecule has 0 atom stereocenters. The number of hydrogen-bond donors (Lipinski definition) is 3. The van der Waals surface area contributed by atoms with Crippen molar-refractivity contribution >= 4 is 27.8 Å². The van der Waals surface area contributed by atoms with Gasteiger partial charge in [-0.3, -0.25) is 5.43 Å². The molecule has 0 saturated heterocycles. The van der Waals surface area contributed by atoms with E-state index in [1.807, 2.05) is 24.3 Å². The molecule has 1 amide bonds. The van der Waals surface area contributed by atoms with Crippen molar-refractivity contribution in [3.8, 4) is 0 Å². The Morgan fingerprint density at radius 2 is 2.14 bits per heavy atom. The second-order valence-electron chi connectivity index (χ2n) is 2.19. The van der Waals surface area contributed by atoms with Crippen LogP contribution in [0.25, 0.3) is 10.2 Å². The topological polar surface area (TPSA) is 101 Å². The van der Waals surface area contributed by atoms with Gasteiger partial charge in [0.05, 0.1) is 4.70 Å². The highest BCUT2D eigenvalue weighted by Gasteiger charge is 1.91. The van der Waals surface area contributed by atoms with Crippen LogP contribution in [0.3, 0.4) is 0 Å². The summed E-state index contributed by atoms with van der Waals surface area (Å²) in [6.45, 7) is 0. The largest absolute Gasteiger partial charge is 0.464 e. The number of benzene rings is 1. The molecule has 1 aromatic heterocycles. The molecular formula is C7H8N4O2S. The summed E-state index contributed by atoms with van der Waals surface area (Å²) < 4.78 is 4.94. The third-order valence-electron chi connectivity index (χ3n) is 1.28. The summed E-state index contributed by atoms with van der Waals surface area (Å²) in [5, 5.41) is 11.4. The van der Waals surface area contributed by atoms with Crippen molar-refractivity contribution < 1.29 is 9.90 Å². The smallest absolute Gasteiger partial charge is 0.418 e. The zero-order valence-electron chi connectivity index (χ0n) is 7.04. The van der Waals surface area contributed by atoms with Gasteiger partial charge in [-0.15, -0.1) is 5.10 Å². The van der Waals surface area contributed by atoms with E-state index in [0.717, 1.165) is 10.2 Å². The summed E-state index contributed by atoms with van der Waals surface area (Å²) in [5.41, 5.74) is 2.43. The van der Waals surface area contributed by atoms with Gasteiger partial charge in [-0.2, -0.15) is 0 Å². The first-order chi connectivity index (χ1) is 6.74. The first kappa shape index (κ1) is 10.4. The van der Waals surface area contributed by atoms with Crippen LogP contribution < -0.4 is 11.3 Å². The molecule has 6 nitrogen and oxygen atoms in total. The monoisotopic (exact) mass is 212 g/mol. The van der Waals surface area contributed by atoms with Crippen LogP contribution in [0.15, 0.2) is 24.3 Å². The summed E-state index contributed by atoms with van der Waals surface area (Å²) in [6.07, 6.45) is -1.22. The summed E-state index contributed by atoms with van der Waals surface area (Å²) in [6, 6.07) is 7.92. The highest BCUT2D eigenvalue weighted by molar-refractivity contribution is 7.12. The van der Waals surface area contributed by atoms with Crippen molar-refractivity contribution in [1.29, 1.82) is 0 Å². The molecule has 2 aromatic rings. The van der Waals surface area contributed by atoms with Gasteiger partial charge in [0.15, 0.2) is 0 Å². The maximum Gasteiger partial charge on any atom is 0.418 e. The van der Waals surface area contributed by atoms with Gasteiger partial charge in [0, 0.05) is 0 Å². The number of nitrogens with two attached hydrogens (primary N) is 1. The molecule has 0 spiro atoms. The van der Waals surface area contributed by atoms with E-state index in [-0.39, 0.29) is 0 Å². The lowest BCUT2D eigenvalue weighted by molar-refractivity contribution is 0.194. The number of rotatable bonds is 0. The SMILES string of the molecule is NNC(=O)O.c1ccc2snnc2c1. The molecule has 0 aliphatic carbocycles. The van der Waals surface area contributed by atoms with Gasteiger partial charge in [0.25, 0.3) is 0 Å². The Bertz CT molecular complexity index is 386. The van der Waals surface area contributed by atoms with Gasteiger partial charge in [0.2, 0.25) is 0 Å². The predicted molar refractivity (Wildman–Crippen MR) is 52.8 cm³/mol. The number of nitrogens with zero attached hydrogens (tertiary/aromatic N) is 2. The van der Waals surface area contributed by atoms with Crippen LogP contribution in [-0.4, -0.2) is 20.8 Å². The van der Waals surface area contributed by atoms with Crippen molar-refractivity contribution in [3.63, 3.8) is 0 Å². The van der Waals surface area contributed by atoms with Crippen molar-refractivity contribution in [2.24, 2.45) is 5.84 Å². The van der Waals surface area contributed by atoms with Crippen LogP contribution in [0.4, 0.5) is 4.79 Å². The van der Waals surface area contributed by atoms with Gasteiger partial charge in [-0.1, -0.05) is 16.6 Å². The Kier molecular flexibility index (Phi) is 3.77. The first-order valence-electron chi connectivity index (χ1n) is 3.60. The fraction of sp³-hybridized carbons (Fsp3) is 0. The fourth-order valence-corrected chi connectivity index (χ4v) is 1.28. The molecule has 14 heavy (non-hydrogen) atoms. The second-order valence-corrected chi connectivity index (χ2v) is 2.98. The van der Waals surface area contributed by atoms with Gasteiger partial charge < -0.3 is 5.11 Å². The van der Waals surface area contributed by atoms with E-state index >= 15 is 0 Å². The molecule has 0 saturated carbocycles. The van der Waals surface area contributed by atoms with Crippen molar-refractivity contribution in [3.05, 3.63) is 24.3 Å². The summed E-state index contributed by atoms with van der Waals surface area (Å²) in [4.78, 5) is 9.13. The van der Waals surface area contributed by atoms with Crippen LogP contribution >= 0.6 is 11.5 Å². The van der Waals surface area contributed by atoms with Gasteiger partial charge >= 0.3 is 6.09 Å². The maximum absolute atomic E-state index is 9.13. The molecule has 0 radical (unpaired) electrons. The molecule has 0 fully saturated rings. The fourth-order valence-electron chi connectivity index (χ4n) is 0.725. The Labute approximate surface area is 83.5 Å². The molecule has 1 heterocycles. The Morgan fingerprint density at radius 3 is 2.71 bits per heavy atom. The van der Waals surface area contributed by atoms with E-state index in [1.165, 1.54) is 17.0 Å². The average Bonchev–Trinajstić information content (AvgIpc) is 2.66. The number of hydrogen-bond acceptors (Lipinski definition) is 5. The Morgan fingerprint density at radius 1 is 1.50 bits per heavy atom. The average molecular weight is 212 g/mol. The lowest BCUT2D eigenvalue weighted by Gasteiger charge is -1.79. The van der Waals surface area contributed by atoms with E-state index in [1.54, 1.807) is 0 Å². The van der Waals surface area contributed by atoms with Crippen molar-refractivity contribution in [2.75, 3.05) is 0 Å². The van der Waals surface area contributed by atoms with E-state index < -0.39 is 6.09 Å². The van der Waals surface area contributed by atoms with Crippen LogP contribution in [-0.2, 0) is 0 Å². The van der Waals surface area contributed by atoms with E-state index in [4.69, 9.17) is 9.90 Å². The van der Waals surface area contributed by atoms with Gasteiger partial charge in [-0.05, 0) is 23.7 Å². The zero-order valence-corrected chi connectivity index (χ0v) is 7.86.